The Hall–Kier alpha value is -1.52. The van der Waals surface area contributed by atoms with E-state index in [1.165, 1.54) is 0 Å². The molecule has 0 radical (unpaired) electrons. The zero-order valence-electron chi connectivity index (χ0n) is 11.3. The molecule has 0 bridgehead atoms. The first kappa shape index (κ1) is 14.9. The summed E-state index contributed by atoms with van der Waals surface area (Å²) in [6.07, 6.45) is 1.75. The molecule has 4 nitrogen and oxygen atoms in total. The third-order valence-corrected chi connectivity index (χ3v) is 3.13. The number of aromatic nitrogens is 2. The summed E-state index contributed by atoms with van der Waals surface area (Å²) in [5.74, 6) is 2.35. The van der Waals surface area contributed by atoms with Crippen molar-refractivity contribution in [1.82, 2.24) is 9.97 Å². The molecule has 0 amide bonds. The highest BCUT2D eigenvalue weighted by Gasteiger charge is 2.08. The summed E-state index contributed by atoms with van der Waals surface area (Å²) in [4.78, 5) is 8.72. The molecule has 0 saturated heterocycles. The number of ether oxygens (including phenoxy) is 1. The van der Waals surface area contributed by atoms with E-state index in [-0.39, 0.29) is 0 Å². The SMILES string of the molecule is CCCc1nc(NC)cc(Oc2cc(Cl)ccc2Cl)n1. The Morgan fingerprint density at radius 2 is 2.00 bits per heavy atom. The highest BCUT2D eigenvalue weighted by molar-refractivity contribution is 6.34. The van der Waals surface area contributed by atoms with Gasteiger partial charge in [0.2, 0.25) is 5.88 Å². The maximum atomic E-state index is 6.08. The molecule has 6 heteroatoms. The van der Waals surface area contributed by atoms with E-state index >= 15 is 0 Å². The summed E-state index contributed by atoms with van der Waals surface area (Å²) in [5.41, 5.74) is 0. The van der Waals surface area contributed by atoms with Crippen molar-refractivity contribution in [3.8, 4) is 11.6 Å². The molecular weight excluding hydrogens is 297 g/mol. The number of hydrogen-bond donors (Lipinski definition) is 1. The Kier molecular flexibility index (Phi) is 5.04. The predicted molar refractivity (Wildman–Crippen MR) is 82.1 cm³/mol. The average molecular weight is 312 g/mol. The van der Waals surface area contributed by atoms with Crippen LogP contribution >= 0.6 is 23.2 Å². The second-order valence-electron chi connectivity index (χ2n) is 4.18. The van der Waals surface area contributed by atoms with E-state index < -0.39 is 0 Å². The van der Waals surface area contributed by atoms with Crippen LogP contribution in [0.25, 0.3) is 0 Å². The van der Waals surface area contributed by atoms with Gasteiger partial charge in [0.1, 0.15) is 17.4 Å². The van der Waals surface area contributed by atoms with Crippen LogP contribution in [0.5, 0.6) is 11.6 Å². The smallest absolute Gasteiger partial charge is 0.224 e. The molecule has 1 aromatic heterocycles. The van der Waals surface area contributed by atoms with E-state index in [0.29, 0.717) is 27.5 Å². The van der Waals surface area contributed by atoms with E-state index in [0.717, 1.165) is 18.7 Å². The fourth-order valence-electron chi connectivity index (χ4n) is 1.66. The number of nitrogens with one attached hydrogen (secondary N) is 1. The van der Waals surface area contributed by atoms with Crippen molar-refractivity contribution in [3.63, 3.8) is 0 Å². The lowest BCUT2D eigenvalue weighted by Crippen LogP contribution is -2.02. The van der Waals surface area contributed by atoms with Crippen LogP contribution in [0.3, 0.4) is 0 Å². The number of nitrogens with zero attached hydrogens (tertiary/aromatic N) is 2. The molecule has 2 rings (SSSR count). The normalized spacial score (nSPS) is 10.4. The number of rotatable bonds is 5. The highest BCUT2D eigenvalue weighted by Crippen LogP contribution is 2.31. The molecule has 0 atom stereocenters. The van der Waals surface area contributed by atoms with Gasteiger partial charge in [-0.05, 0) is 18.6 Å². The summed E-state index contributed by atoms with van der Waals surface area (Å²) >= 11 is 12.0. The van der Waals surface area contributed by atoms with Crippen LogP contribution < -0.4 is 10.1 Å². The van der Waals surface area contributed by atoms with Gasteiger partial charge in [0.05, 0.1) is 5.02 Å². The van der Waals surface area contributed by atoms with Crippen molar-refractivity contribution < 1.29 is 4.74 Å². The molecule has 1 aromatic carbocycles. The van der Waals surface area contributed by atoms with Crippen molar-refractivity contribution in [2.45, 2.75) is 19.8 Å². The molecule has 0 spiro atoms. The van der Waals surface area contributed by atoms with E-state index in [2.05, 4.69) is 22.2 Å². The molecule has 0 saturated carbocycles. The molecule has 1 N–H and O–H groups in total. The lowest BCUT2D eigenvalue weighted by atomic mass is 10.3. The van der Waals surface area contributed by atoms with Gasteiger partial charge in [-0.1, -0.05) is 30.1 Å². The summed E-state index contributed by atoms with van der Waals surface area (Å²) in [6.45, 7) is 2.07. The summed E-state index contributed by atoms with van der Waals surface area (Å²) in [7, 11) is 1.80. The Balaban J connectivity index is 2.32. The van der Waals surface area contributed by atoms with E-state index in [1.807, 2.05) is 0 Å². The molecule has 0 aliphatic heterocycles. The van der Waals surface area contributed by atoms with Crippen molar-refractivity contribution in [1.29, 1.82) is 0 Å². The molecule has 20 heavy (non-hydrogen) atoms. The maximum absolute atomic E-state index is 6.08. The van der Waals surface area contributed by atoms with Gasteiger partial charge in [0.25, 0.3) is 0 Å². The molecule has 106 valence electrons. The lowest BCUT2D eigenvalue weighted by molar-refractivity contribution is 0.459. The third kappa shape index (κ3) is 3.74. The van der Waals surface area contributed by atoms with E-state index in [4.69, 9.17) is 27.9 Å². The zero-order valence-corrected chi connectivity index (χ0v) is 12.8. The lowest BCUT2D eigenvalue weighted by Gasteiger charge is -2.10. The summed E-state index contributed by atoms with van der Waals surface area (Å²) < 4.78 is 5.71. The van der Waals surface area contributed by atoms with Gasteiger partial charge in [0, 0.05) is 30.6 Å². The van der Waals surface area contributed by atoms with Gasteiger partial charge in [0.15, 0.2) is 0 Å². The Morgan fingerprint density at radius 3 is 2.70 bits per heavy atom. The minimum atomic E-state index is 0.442. The largest absolute Gasteiger partial charge is 0.437 e. The first-order valence-electron chi connectivity index (χ1n) is 6.31. The van der Waals surface area contributed by atoms with Crippen LogP contribution in [0.1, 0.15) is 19.2 Å². The highest BCUT2D eigenvalue weighted by atomic mass is 35.5. The number of anilines is 1. The third-order valence-electron chi connectivity index (χ3n) is 2.59. The number of halogens is 2. The standard InChI is InChI=1S/C14H15Cl2N3O/c1-3-4-12-18-13(17-2)8-14(19-12)20-11-7-9(15)5-6-10(11)16/h5-8H,3-4H2,1-2H3,(H,17,18,19). The predicted octanol–water partition coefficient (Wildman–Crippen LogP) is 4.57. The van der Waals surface area contributed by atoms with Gasteiger partial charge in [-0.2, -0.15) is 4.98 Å². The van der Waals surface area contributed by atoms with E-state index in [9.17, 15) is 0 Å². The fraction of sp³-hybridized carbons (Fsp3) is 0.286. The Morgan fingerprint density at radius 1 is 1.20 bits per heavy atom. The van der Waals surface area contributed by atoms with Crippen LogP contribution in [0.4, 0.5) is 5.82 Å². The van der Waals surface area contributed by atoms with Crippen LogP contribution in [0, 0.1) is 0 Å². The average Bonchev–Trinajstić information content (AvgIpc) is 2.43. The monoisotopic (exact) mass is 311 g/mol. The van der Waals surface area contributed by atoms with Crippen LogP contribution in [0.2, 0.25) is 10.0 Å². The number of hydrogen-bond acceptors (Lipinski definition) is 4. The molecule has 0 unspecified atom stereocenters. The quantitative estimate of drug-likeness (QED) is 0.878. The van der Waals surface area contributed by atoms with Crippen LogP contribution in [0.15, 0.2) is 24.3 Å². The second-order valence-corrected chi connectivity index (χ2v) is 5.03. The van der Waals surface area contributed by atoms with Gasteiger partial charge in [-0.15, -0.1) is 0 Å². The molecule has 0 aliphatic rings. The van der Waals surface area contributed by atoms with Crippen LogP contribution in [-0.2, 0) is 6.42 Å². The Labute approximate surface area is 128 Å². The number of benzene rings is 1. The first-order valence-corrected chi connectivity index (χ1v) is 7.06. The van der Waals surface area contributed by atoms with Gasteiger partial charge in [-0.25, -0.2) is 4.98 Å². The first-order chi connectivity index (χ1) is 9.62. The molecular formula is C14H15Cl2N3O. The Bertz CT molecular complexity index is 605. The van der Waals surface area contributed by atoms with Crippen molar-refractivity contribution in [3.05, 3.63) is 40.1 Å². The zero-order chi connectivity index (χ0) is 14.5. The topological polar surface area (TPSA) is 47.0 Å². The van der Waals surface area contributed by atoms with Crippen molar-refractivity contribution >= 4 is 29.0 Å². The fourth-order valence-corrected chi connectivity index (χ4v) is 1.97. The molecule has 0 aliphatic carbocycles. The van der Waals surface area contributed by atoms with Gasteiger partial charge >= 0.3 is 0 Å². The molecule has 2 aromatic rings. The minimum absolute atomic E-state index is 0.442. The number of aryl methyl sites for hydroxylation is 1. The van der Waals surface area contributed by atoms with Crippen molar-refractivity contribution in [2.75, 3.05) is 12.4 Å². The maximum Gasteiger partial charge on any atom is 0.224 e. The van der Waals surface area contributed by atoms with Crippen LogP contribution in [-0.4, -0.2) is 17.0 Å². The van der Waals surface area contributed by atoms with Gasteiger partial charge < -0.3 is 10.1 Å². The van der Waals surface area contributed by atoms with Gasteiger partial charge in [-0.3, -0.25) is 0 Å². The second kappa shape index (κ2) is 6.77. The van der Waals surface area contributed by atoms with Crippen molar-refractivity contribution in [2.24, 2.45) is 0 Å². The summed E-state index contributed by atoms with van der Waals surface area (Å²) in [5, 5.41) is 4.03. The summed E-state index contributed by atoms with van der Waals surface area (Å²) in [6, 6.07) is 6.77. The molecule has 1 heterocycles. The molecule has 0 fully saturated rings. The van der Waals surface area contributed by atoms with E-state index in [1.54, 1.807) is 31.3 Å². The minimum Gasteiger partial charge on any atom is -0.437 e.